The third kappa shape index (κ3) is 4.72. The molecular weight excluding hydrogens is 202 g/mol. The van der Waals surface area contributed by atoms with Gasteiger partial charge in [0.25, 0.3) is 0 Å². The van der Waals surface area contributed by atoms with Gasteiger partial charge in [-0.25, -0.2) is 0 Å². The Bertz CT molecular complexity index is 294. The highest BCUT2D eigenvalue weighted by atomic mass is 15.4. The lowest BCUT2D eigenvalue weighted by molar-refractivity contribution is 0.334. The summed E-state index contributed by atoms with van der Waals surface area (Å²) in [5, 5.41) is 11.6. The van der Waals surface area contributed by atoms with Crippen molar-refractivity contribution in [3.63, 3.8) is 0 Å². The molecule has 1 aromatic heterocycles. The molecule has 0 aliphatic heterocycles. The molecule has 0 spiro atoms. The Labute approximate surface area is 97.8 Å². The van der Waals surface area contributed by atoms with Crippen molar-refractivity contribution in [3.8, 4) is 0 Å². The van der Waals surface area contributed by atoms with Crippen LogP contribution < -0.4 is 5.32 Å². The van der Waals surface area contributed by atoms with Gasteiger partial charge in [-0.3, -0.25) is 4.68 Å². The van der Waals surface area contributed by atoms with Crippen LogP contribution in [0.5, 0.6) is 0 Å². The average molecular weight is 225 g/mol. The quantitative estimate of drug-likeness (QED) is 0.724. The molecular formula is C11H23N5. The van der Waals surface area contributed by atoms with E-state index in [4.69, 9.17) is 0 Å². The number of likely N-dealkylation sites (N-methyl/N-ethyl adjacent to an activating group) is 1. The van der Waals surface area contributed by atoms with E-state index in [1.165, 1.54) is 0 Å². The Morgan fingerprint density at radius 1 is 1.50 bits per heavy atom. The SMILES string of the molecule is CCCNC(Cc1cn(C)nn1)CN(C)C. The summed E-state index contributed by atoms with van der Waals surface area (Å²) in [7, 11) is 6.09. The molecule has 1 N–H and O–H groups in total. The second-order valence-electron chi connectivity index (χ2n) is 4.50. The molecule has 1 rings (SSSR count). The van der Waals surface area contributed by atoms with Crippen LogP contribution in [0.25, 0.3) is 0 Å². The van der Waals surface area contributed by atoms with Gasteiger partial charge in [0, 0.05) is 32.3 Å². The van der Waals surface area contributed by atoms with Crippen molar-refractivity contribution in [2.75, 3.05) is 27.2 Å². The molecule has 0 saturated heterocycles. The molecule has 0 bridgehead atoms. The normalized spacial score (nSPS) is 13.3. The Morgan fingerprint density at radius 2 is 2.25 bits per heavy atom. The van der Waals surface area contributed by atoms with Crippen molar-refractivity contribution >= 4 is 0 Å². The average Bonchev–Trinajstić information content (AvgIpc) is 2.59. The Kier molecular flexibility index (Phi) is 5.42. The van der Waals surface area contributed by atoms with Crippen LogP contribution in [0.4, 0.5) is 0 Å². The van der Waals surface area contributed by atoms with E-state index in [2.05, 4.69) is 41.5 Å². The van der Waals surface area contributed by atoms with Gasteiger partial charge < -0.3 is 10.2 Å². The molecule has 1 aromatic rings. The standard InChI is InChI=1S/C11H23N5/c1-5-6-12-10(8-15(2)3)7-11-9-16(4)14-13-11/h9-10,12H,5-8H2,1-4H3. The lowest BCUT2D eigenvalue weighted by Crippen LogP contribution is -2.40. The van der Waals surface area contributed by atoms with Gasteiger partial charge in [-0.15, -0.1) is 5.10 Å². The minimum atomic E-state index is 0.451. The van der Waals surface area contributed by atoms with Crippen molar-refractivity contribution in [1.29, 1.82) is 0 Å². The summed E-state index contributed by atoms with van der Waals surface area (Å²) in [5.74, 6) is 0. The summed E-state index contributed by atoms with van der Waals surface area (Å²) in [6.07, 6.45) is 4.08. The van der Waals surface area contributed by atoms with E-state index in [-0.39, 0.29) is 0 Å². The van der Waals surface area contributed by atoms with Crippen LogP contribution in [-0.4, -0.2) is 53.1 Å². The summed E-state index contributed by atoms with van der Waals surface area (Å²) in [4.78, 5) is 2.20. The van der Waals surface area contributed by atoms with E-state index >= 15 is 0 Å². The molecule has 16 heavy (non-hydrogen) atoms. The zero-order chi connectivity index (χ0) is 12.0. The molecule has 0 aliphatic carbocycles. The van der Waals surface area contributed by atoms with E-state index in [0.29, 0.717) is 6.04 Å². The highest BCUT2D eigenvalue weighted by molar-refractivity contribution is 4.96. The van der Waals surface area contributed by atoms with Crippen LogP contribution in [0, 0.1) is 0 Å². The zero-order valence-corrected chi connectivity index (χ0v) is 10.8. The fourth-order valence-electron chi connectivity index (χ4n) is 1.73. The second kappa shape index (κ2) is 6.60. The number of hydrogen-bond donors (Lipinski definition) is 1. The number of hydrogen-bond acceptors (Lipinski definition) is 4. The van der Waals surface area contributed by atoms with Crippen LogP contribution >= 0.6 is 0 Å². The summed E-state index contributed by atoms with van der Waals surface area (Å²) in [6, 6.07) is 0.451. The Hall–Kier alpha value is -0.940. The van der Waals surface area contributed by atoms with E-state index in [0.717, 1.165) is 31.6 Å². The molecule has 5 heteroatoms. The van der Waals surface area contributed by atoms with E-state index < -0.39 is 0 Å². The van der Waals surface area contributed by atoms with Crippen LogP contribution in [-0.2, 0) is 13.5 Å². The second-order valence-corrected chi connectivity index (χ2v) is 4.50. The van der Waals surface area contributed by atoms with E-state index in [1.54, 1.807) is 4.68 Å². The summed E-state index contributed by atoms with van der Waals surface area (Å²) < 4.78 is 1.75. The zero-order valence-electron chi connectivity index (χ0n) is 10.8. The van der Waals surface area contributed by atoms with Crippen molar-refractivity contribution < 1.29 is 0 Å². The summed E-state index contributed by atoms with van der Waals surface area (Å²) in [5.41, 5.74) is 1.05. The molecule has 1 unspecified atom stereocenters. The molecule has 1 heterocycles. The maximum Gasteiger partial charge on any atom is 0.0843 e. The van der Waals surface area contributed by atoms with Crippen LogP contribution in [0.3, 0.4) is 0 Å². The lowest BCUT2D eigenvalue weighted by Gasteiger charge is -2.21. The molecule has 0 aromatic carbocycles. The molecule has 0 fully saturated rings. The maximum absolute atomic E-state index is 4.13. The van der Waals surface area contributed by atoms with Crippen LogP contribution in [0.2, 0.25) is 0 Å². The van der Waals surface area contributed by atoms with Crippen molar-refractivity contribution in [2.45, 2.75) is 25.8 Å². The highest BCUT2D eigenvalue weighted by Crippen LogP contribution is 2.00. The van der Waals surface area contributed by atoms with Gasteiger partial charge in [0.1, 0.15) is 0 Å². The van der Waals surface area contributed by atoms with Gasteiger partial charge in [0.2, 0.25) is 0 Å². The number of aromatic nitrogens is 3. The number of nitrogens with zero attached hydrogens (tertiary/aromatic N) is 4. The van der Waals surface area contributed by atoms with Gasteiger partial charge in [-0.1, -0.05) is 12.1 Å². The van der Waals surface area contributed by atoms with Crippen LogP contribution in [0.15, 0.2) is 6.20 Å². The van der Waals surface area contributed by atoms with E-state index in [1.807, 2.05) is 13.2 Å². The van der Waals surface area contributed by atoms with Crippen LogP contribution in [0.1, 0.15) is 19.0 Å². The first-order valence-corrected chi connectivity index (χ1v) is 5.85. The smallest absolute Gasteiger partial charge is 0.0843 e. The Balaban J connectivity index is 2.48. The van der Waals surface area contributed by atoms with Gasteiger partial charge in [0.15, 0.2) is 0 Å². The number of nitrogens with one attached hydrogen (secondary N) is 1. The van der Waals surface area contributed by atoms with Crippen molar-refractivity contribution in [2.24, 2.45) is 7.05 Å². The highest BCUT2D eigenvalue weighted by Gasteiger charge is 2.11. The molecule has 0 aliphatic rings. The van der Waals surface area contributed by atoms with Gasteiger partial charge in [0.05, 0.1) is 5.69 Å². The predicted octanol–water partition coefficient (Wildman–Crippen LogP) is 0.287. The summed E-state index contributed by atoms with van der Waals surface area (Å²) in [6.45, 7) is 4.26. The maximum atomic E-state index is 4.13. The first kappa shape index (κ1) is 13.1. The van der Waals surface area contributed by atoms with E-state index in [9.17, 15) is 0 Å². The summed E-state index contributed by atoms with van der Waals surface area (Å²) >= 11 is 0. The van der Waals surface area contributed by atoms with Crippen molar-refractivity contribution in [3.05, 3.63) is 11.9 Å². The molecule has 0 amide bonds. The third-order valence-electron chi connectivity index (χ3n) is 2.37. The number of rotatable bonds is 7. The molecule has 1 atom stereocenters. The van der Waals surface area contributed by atoms with Gasteiger partial charge in [-0.05, 0) is 27.1 Å². The van der Waals surface area contributed by atoms with Gasteiger partial charge >= 0.3 is 0 Å². The fourth-order valence-corrected chi connectivity index (χ4v) is 1.73. The molecule has 0 radical (unpaired) electrons. The Morgan fingerprint density at radius 3 is 2.75 bits per heavy atom. The molecule has 0 saturated carbocycles. The molecule has 5 nitrogen and oxygen atoms in total. The van der Waals surface area contributed by atoms with Crippen molar-refractivity contribution in [1.82, 2.24) is 25.2 Å². The monoisotopic (exact) mass is 225 g/mol. The third-order valence-corrected chi connectivity index (χ3v) is 2.37. The topological polar surface area (TPSA) is 46.0 Å². The molecule has 92 valence electrons. The predicted molar refractivity (Wildman–Crippen MR) is 65.3 cm³/mol. The first-order chi connectivity index (χ1) is 7.61. The minimum absolute atomic E-state index is 0.451. The fraction of sp³-hybridized carbons (Fsp3) is 0.818. The lowest BCUT2D eigenvalue weighted by atomic mass is 10.1. The van der Waals surface area contributed by atoms with Gasteiger partial charge in [-0.2, -0.15) is 0 Å². The largest absolute Gasteiger partial charge is 0.312 e. The first-order valence-electron chi connectivity index (χ1n) is 5.85. The minimum Gasteiger partial charge on any atom is -0.312 e. The number of aryl methyl sites for hydroxylation is 1.